The third-order valence-corrected chi connectivity index (χ3v) is 3.09. The Balaban J connectivity index is 2.59. The average molecular weight is 278 g/mol. The molecule has 1 rings (SSSR count). The quantitative estimate of drug-likeness (QED) is 0.716. The highest BCUT2D eigenvalue weighted by molar-refractivity contribution is 6.39. The van der Waals surface area contributed by atoms with Crippen LogP contribution < -0.4 is 10.6 Å². The van der Waals surface area contributed by atoms with Gasteiger partial charge in [0, 0.05) is 5.69 Å². The Labute approximate surface area is 119 Å². The molecule has 5 heteroatoms. The third kappa shape index (κ3) is 4.66. The number of benzene rings is 1. The van der Waals surface area contributed by atoms with E-state index in [1.165, 1.54) is 5.56 Å². The van der Waals surface area contributed by atoms with Gasteiger partial charge in [-0.25, -0.2) is 0 Å². The minimum Gasteiger partial charge on any atom is -0.394 e. The average Bonchev–Trinajstić information content (AvgIpc) is 2.44. The van der Waals surface area contributed by atoms with E-state index in [1.807, 2.05) is 19.1 Å². The minimum atomic E-state index is -0.737. The molecule has 0 unspecified atom stereocenters. The molecule has 0 saturated heterocycles. The van der Waals surface area contributed by atoms with E-state index in [0.717, 1.165) is 0 Å². The van der Waals surface area contributed by atoms with Crippen LogP contribution in [0.15, 0.2) is 24.3 Å². The molecule has 0 bridgehead atoms. The first-order chi connectivity index (χ1) is 9.47. The summed E-state index contributed by atoms with van der Waals surface area (Å²) in [6.07, 6.45) is 0.568. The molecule has 0 heterocycles. The fraction of sp³-hybridized carbons (Fsp3) is 0.467. The van der Waals surface area contributed by atoms with Gasteiger partial charge in [-0.05, 0) is 30.0 Å². The first-order valence-corrected chi connectivity index (χ1v) is 6.80. The molecule has 0 aromatic heterocycles. The Morgan fingerprint density at radius 1 is 1.15 bits per heavy atom. The van der Waals surface area contributed by atoms with E-state index in [0.29, 0.717) is 18.0 Å². The largest absolute Gasteiger partial charge is 0.394 e. The van der Waals surface area contributed by atoms with Crippen LogP contribution in [0.4, 0.5) is 5.69 Å². The van der Waals surface area contributed by atoms with Gasteiger partial charge in [0.15, 0.2) is 0 Å². The van der Waals surface area contributed by atoms with Gasteiger partial charge in [0.05, 0.1) is 12.6 Å². The van der Waals surface area contributed by atoms with Crippen LogP contribution in [-0.2, 0) is 9.59 Å². The van der Waals surface area contributed by atoms with Crippen molar-refractivity contribution >= 4 is 17.5 Å². The Kier molecular flexibility index (Phi) is 6.18. The first kappa shape index (κ1) is 16.2. The van der Waals surface area contributed by atoms with Crippen LogP contribution in [0.2, 0.25) is 0 Å². The fourth-order valence-corrected chi connectivity index (χ4v) is 1.67. The lowest BCUT2D eigenvalue weighted by molar-refractivity contribution is -0.136. The van der Waals surface area contributed by atoms with Crippen molar-refractivity contribution in [2.75, 3.05) is 11.9 Å². The van der Waals surface area contributed by atoms with Crippen molar-refractivity contribution in [2.45, 2.75) is 39.2 Å². The summed E-state index contributed by atoms with van der Waals surface area (Å²) >= 11 is 0. The van der Waals surface area contributed by atoms with Gasteiger partial charge < -0.3 is 15.7 Å². The van der Waals surface area contributed by atoms with Crippen LogP contribution in [0.3, 0.4) is 0 Å². The molecule has 0 fully saturated rings. The van der Waals surface area contributed by atoms with Gasteiger partial charge in [0.1, 0.15) is 0 Å². The number of anilines is 1. The number of amides is 2. The molecule has 110 valence electrons. The number of carbonyl (C=O) groups excluding carboxylic acids is 2. The lowest BCUT2D eigenvalue weighted by atomic mass is 10.0. The molecule has 1 aromatic carbocycles. The molecule has 0 radical (unpaired) electrons. The molecule has 1 aromatic rings. The van der Waals surface area contributed by atoms with Crippen molar-refractivity contribution in [3.05, 3.63) is 29.8 Å². The second kappa shape index (κ2) is 7.65. The van der Waals surface area contributed by atoms with E-state index >= 15 is 0 Å². The molecule has 0 aliphatic carbocycles. The van der Waals surface area contributed by atoms with Crippen LogP contribution in [0.5, 0.6) is 0 Å². The summed E-state index contributed by atoms with van der Waals surface area (Å²) in [6, 6.07) is 6.98. The standard InChI is InChI=1S/C15H22N2O3/c1-4-12(9-18)16-14(19)15(20)17-13-7-5-11(6-8-13)10(2)3/h5-8,10,12,18H,4,9H2,1-3H3,(H,16,19)(H,17,20)/t12-/m1/s1. The van der Waals surface area contributed by atoms with Crippen molar-refractivity contribution < 1.29 is 14.7 Å². The SMILES string of the molecule is CC[C@H](CO)NC(=O)C(=O)Nc1ccc(C(C)C)cc1. The van der Waals surface area contributed by atoms with Gasteiger partial charge in [0.25, 0.3) is 0 Å². The second-order valence-electron chi connectivity index (χ2n) is 4.99. The minimum absolute atomic E-state index is 0.182. The number of hydrogen-bond donors (Lipinski definition) is 3. The van der Waals surface area contributed by atoms with Crippen LogP contribution in [0.25, 0.3) is 0 Å². The second-order valence-corrected chi connectivity index (χ2v) is 4.99. The first-order valence-electron chi connectivity index (χ1n) is 6.80. The molecule has 5 nitrogen and oxygen atoms in total. The Morgan fingerprint density at radius 3 is 2.20 bits per heavy atom. The highest BCUT2D eigenvalue weighted by atomic mass is 16.3. The van der Waals surface area contributed by atoms with E-state index in [2.05, 4.69) is 24.5 Å². The van der Waals surface area contributed by atoms with Gasteiger partial charge in [-0.2, -0.15) is 0 Å². The maximum atomic E-state index is 11.7. The van der Waals surface area contributed by atoms with E-state index in [4.69, 9.17) is 5.11 Å². The molecule has 0 spiro atoms. The number of nitrogens with one attached hydrogen (secondary N) is 2. The monoisotopic (exact) mass is 278 g/mol. The summed E-state index contributed by atoms with van der Waals surface area (Å²) < 4.78 is 0. The predicted molar refractivity (Wildman–Crippen MR) is 78.5 cm³/mol. The zero-order valence-corrected chi connectivity index (χ0v) is 12.1. The van der Waals surface area contributed by atoms with Crippen LogP contribution in [0.1, 0.15) is 38.7 Å². The maximum absolute atomic E-state index is 11.7. The van der Waals surface area contributed by atoms with Crippen LogP contribution >= 0.6 is 0 Å². The van der Waals surface area contributed by atoms with E-state index in [1.54, 1.807) is 12.1 Å². The number of carbonyl (C=O) groups is 2. The highest BCUT2D eigenvalue weighted by Crippen LogP contribution is 2.16. The third-order valence-electron chi connectivity index (χ3n) is 3.09. The fourth-order valence-electron chi connectivity index (χ4n) is 1.67. The smallest absolute Gasteiger partial charge is 0.313 e. The van der Waals surface area contributed by atoms with Crippen molar-refractivity contribution in [1.82, 2.24) is 5.32 Å². The number of rotatable bonds is 5. The topological polar surface area (TPSA) is 78.4 Å². The van der Waals surface area contributed by atoms with E-state index < -0.39 is 17.9 Å². The summed E-state index contributed by atoms with van der Waals surface area (Å²) in [5, 5.41) is 14.0. The Hall–Kier alpha value is -1.88. The van der Waals surface area contributed by atoms with Crippen molar-refractivity contribution in [1.29, 1.82) is 0 Å². The van der Waals surface area contributed by atoms with Gasteiger partial charge in [-0.1, -0.05) is 32.9 Å². The molecule has 0 saturated carbocycles. The zero-order chi connectivity index (χ0) is 15.1. The molecule has 1 atom stereocenters. The Bertz CT molecular complexity index is 451. The van der Waals surface area contributed by atoms with Crippen molar-refractivity contribution in [3.63, 3.8) is 0 Å². The number of aliphatic hydroxyl groups is 1. The lowest BCUT2D eigenvalue weighted by Crippen LogP contribution is -2.43. The summed E-state index contributed by atoms with van der Waals surface area (Å²) in [5.74, 6) is -1.05. The highest BCUT2D eigenvalue weighted by Gasteiger charge is 2.17. The van der Waals surface area contributed by atoms with Gasteiger partial charge in [-0.15, -0.1) is 0 Å². The lowest BCUT2D eigenvalue weighted by Gasteiger charge is -2.13. The Morgan fingerprint density at radius 2 is 1.75 bits per heavy atom. The molecule has 2 amide bonds. The molecule has 0 aliphatic rings. The normalized spacial score (nSPS) is 12.1. The molecule has 3 N–H and O–H groups in total. The van der Waals surface area contributed by atoms with Gasteiger partial charge >= 0.3 is 11.8 Å². The summed E-state index contributed by atoms with van der Waals surface area (Å²) in [7, 11) is 0. The van der Waals surface area contributed by atoms with Crippen LogP contribution in [0, 0.1) is 0 Å². The number of aliphatic hydroxyl groups excluding tert-OH is 1. The molecule has 20 heavy (non-hydrogen) atoms. The van der Waals surface area contributed by atoms with Gasteiger partial charge in [0.2, 0.25) is 0 Å². The van der Waals surface area contributed by atoms with Crippen molar-refractivity contribution in [3.8, 4) is 0 Å². The van der Waals surface area contributed by atoms with E-state index in [-0.39, 0.29) is 6.61 Å². The van der Waals surface area contributed by atoms with Gasteiger partial charge in [-0.3, -0.25) is 9.59 Å². The summed E-state index contributed by atoms with van der Waals surface area (Å²) in [6.45, 7) is 5.81. The molecular weight excluding hydrogens is 256 g/mol. The summed E-state index contributed by atoms with van der Waals surface area (Å²) in [4.78, 5) is 23.3. The predicted octanol–water partition coefficient (Wildman–Crippen LogP) is 1.64. The van der Waals surface area contributed by atoms with Crippen molar-refractivity contribution in [2.24, 2.45) is 0 Å². The van der Waals surface area contributed by atoms with Crippen LogP contribution in [-0.4, -0.2) is 29.6 Å². The molecular formula is C15H22N2O3. The maximum Gasteiger partial charge on any atom is 0.313 e. The van der Waals surface area contributed by atoms with E-state index in [9.17, 15) is 9.59 Å². The summed E-state index contributed by atoms with van der Waals surface area (Å²) in [5.41, 5.74) is 1.74. The number of hydrogen-bond acceptors (Lipinski definition) is 3. The molecule has 0 aliphatic heterocycles. The zero-order valence-electron chi connectivity index (χ0n) is 12.1.